The third kappa shape index (κ3) is 3.83. The van der Waals surface area contributed by atoms with Gasteiger partial charge in [0, 0.05) is 10.9 Å². The number of benzene rings is 1. The molecule has 1 aromatic carbocycles. The molecule has 80 valence electrons. The molecule has 3 nitrogen and oxygen atoms in total. The van der Waals surface area contributed by atoms with Gasteiger partial charge in [0.2, 0.25) is 0 Å². The van der Waals surface area contributed by atoms with Gasteiger partial charge < -0.3 is 4.74 Å². The van der Waals surface area contributed by atoms with E-state index in [1.165, 1.54) is 0 Å². The smallest absolute Gasteiger partial charge is 0.379 e. The molecule has 0 bridgehead atoms. The van der Waals surface area contributed by atoms with Crippen molar-refractivity contribution in [3.05, 3.63) is 35.9 Å². The van der Waals surface area contributed by atoms with Gasteiger partial charge in [-0.05, 0) is 6.42 Å². The second-order valence-electron chi connectivity index (χ2n) is 2.87. The first kappa shape index (κ1) is 11.9. The molecule has 0 fully saturated rings. The van der Waals surface area contributed by atoms with Crippen molar-refractivity contribution >= 4 is 27.7 Å². The molecule has 0 N–H and O–H groups in total. The van der Waals surface area contributed by atoms with E-state index in [2.05, 4.69) is 15.9 Å². The summed E-state index contributed by atoms with van der Waals surface area (Å²) in [4.78, 5) is 22.7. The molecule has 0 atom stereocenters. The van der Waals surface area contributed by atoms with Gasteiger partial charge in [-0.3, -0.25) is 4.79 Å². The number of rotatable bonds is 5. The summed E-state index contributed by atoms with van der Waals surface area (Å²) in [5, 5.41) is 0.750. The molecule has 0 amide bonds. The molecule has 0 saturated heterocycles. The van der Waals surface area contributed by atoms with E-state index in [9.17, 15) is 9.59 Å². The first-order chi connectivity index (χ1) is 7.25. The summed E-state index contributed by atoms with van der Waals surface area (Å²) >= 11 is 3.21. The van der Waals surface area contributed by atoms with Gasteiger partial charge in [0.05, 0.1) is 6.61 Å². The first-order valence-corrected chi connectivity index (χ1v) is 5.70. The zero-order valence-corrected chi connectivity index (χ0v) is 9.70. The fourth-order valence-electron chi connectivity index (χ4n) is 0.992. The summed E-state index contributed by atoms with van der Waals surface area (Å²) in [6.45, 7) is 0.267. The third-order valence-corrected chi connectivity index (χ3v) is 2.29. The molecule has 4 heteroatoms. The Kier molecular flexibility index (Phi) is 5.04. The van der Waals surface area contributed by atoms with Gasteiger partial charge in [-0.1, -0.05) is 46.3 Å². The van der Waals surface area contributed by atoms with Crippen molar-refractivity contribution in [3.63, 3.8) is 0 Å². The predicted octanol–water partition coefficient (Wildman–Crippen LogP) is 2.20. The van der Waals surface area contributed by atoms with Crippen molar-refractivity contribution in [2.24, 2.45) is 0 Å². The van der Waals surface area contributed by atoms with E-state index in [4.69, 9.17) is 4.74 Å². The number of ketones is 1. The molecule has 0 spiro atoms. The van der Waals surface area contributed by atoms with E-state index < -0.39 is 11.8 Å². The van der Waals surface area contributed by atoms with Crippen LogP contribution in [0.3, 0.4) is 0 Å². The van der Waals surface area contributed by atoms with Crippen LogP contribution < -0.4 is 0 Å². The molecular formula is C11H11BrO3. The fourth-order valence-corrected chi connectivity index (χ4v) is 1.22. The van der Waals surface area contributed by atoms with Crippen molar-refractivity contribution in [2.75, 3.05) is 11.9 Å². The van der Waals surface area contributed by atoms with Gasteiger partial charge in [0.1, 0.15) is 0 Å². The van der Waals surface area contributed by atoms with Crippen LogP contribution in [0, 0.1) is 0 Å². The molecule has 0 aromatic heterocycles. The van der Waals surface area contributed by atoms with Crippen LogP contribution in [0.25, 0.3) is 0 Å². The molecule has 1 aromatic rings. The van der Waals surface area contributed by atoms with Gasteiger partial charge in [-0.25, -0.2) is 4.79 Å². The Hall–Kier alpha value is -1.16. The van der Waals surface area contributed by atoms with Crippen LogP contribution in [0.5, 0.6) is 0 Å². The Bertz CT molecular complexity index is 335. The van der Waals surface area contributed by atoms with Crippen LogP contribution in [0.1, 0.15) is 16.8 Å². The van der Waals surface area contributed by atoms with Gasteiger partial charge in [-0.15, -0.1) is 0 Å². The topological polar surface area (TPSA) is 43.4 Å². The normalized spacial score (nSPS) is 9.67. The summed E-state index contributed by atoms with van der Waals surface area (Å²) in [5.41, 5.74) is 0.362. The standard InChI is InChI=1S/C11H11BrO3/c12-7-4-8-15-11(14)10(13)9-5-2-1-3-6-9/h1-3,5-6H,4,7-8H2. The van der Waals surface area contributed by atoms with E-state index in [1.54, 1.807) is 30.3 Å². The molecule has 0 saturated carbocycles. The fraction of sp³-hybridized carbons (Fsp3) is 0.273. The van der Waals surface area contributed by atoms with Crippen LogP contribution in [-0.2, 0) is 9.53 Å². The highest BCUT2D eigenvalue weighted by molar-refractivity contribution is 9.09. The molecule has 0 unspecified atom stereocenters. The molecular weight excluding hydrogens is 260 g/mol. The number of alkyl halides is 1. The highest BCUT2D eigenvalue weighted by Gasteiger charge is 2.16. The van der Waals surface area contributed by atoms with Crippen molar-refractivity contribution < 1.29 is 14.3 Å². The van der Waals surface area contributed by atoms with Crippen molar-refractivity contribution in [1.29, 1.82) is 0 Å². The molecule has 0 aliphatic rings. The minimum absolute atomic E-state index is 0.267. The molecule has 0 aliphatic carbocycles. The average Bonchev–Trinajstić information content (AvgIpc) is 2.29. The Balaban J connectivity index is 2.50. The number of esters is 1. The van der Waals surface area contributed by atoms with Crippen LogP contribution >= 0.6 is 15.9 Å². The maximum atomic E-state index is 11.5. The Morgan fingerprint density at radius 3 is 2.47 bits per heavy atom. The second kappa shape index (κ2) is 6.35. The molecule has 15 heavy (non-hydrogen) atoms. The Morgan fingerprint density at radius 1 is 1.20 bits per heavy atom. The van der Waals surface area contributed by atoms with Crippen molar-refractivity contribution in [3.8, 4) is 0 Å². The minimum Gasteiger partial charge on any atom is -0.460 e. The lowest BCUT2D eigenvalue weighted by Crippen LogP contribution is -2.18. The van der Waals surface area contributed by atoms with E-state index in [-0.39, 0.29) is 6.61 Å². The highest BCUT2D eigenvalue weighted by atomic mass is 79.9. The quantitative estimate of drug-likeness (QED) is 0.271. The van der Waals surface area contributed by atoms with Crippen LogP contribution in [0.15, 0.2) is 30.3 Å². The second-order valence-corrected chi connectivity index (χ2v) is 3.67. The lowest BCUT2D eigenvalue weighted by molar-refractivity contribution is -0.138. The highest BCUT2D eigenvalue weighted by Crippen LogP contribution is 2.01. The summed E-state index contributed by atoms with van der Waals surface area (Å²) < 4.78 is 4.78. The lowest BCUT2D eigenvalue weighted by Gasteiger charge is -2.02. The summed E-state index contributed by atoms with van der Waals surface area (Å²) in [5.74, 6) is -1.38. The van der Waals surface area contributed by atoms with Gasteiger partial charge in [0.15, 0.2) is 0 Å². The van der Waals surface area contributed by atoms with E-state index in [0.29, 0.717) is 12.0 Å². The van der Waals surface area contributed by atoms with E-state index >= 15 is 0 Å². The van der Waals surface area contributed by atoms with E-state index in [1.807, 2.05) is 0 Å². The van der Waals surface area contributed by atoms with Crippen LogP contribution in [0.4, 0.5) is 0 Å². The molecule has 0 heterocycles. The number of carbonyl (C=O) groups is 2. The SMILES string of the molecule is O=C(OCCCBr)C(=O)c1ccccc1. The minimum atomic E-state index is -0.790. The Morgan fingerprint density at radius 2 is 1.87 bits per heavy atom. The van der Waals surface area contributed by atoms with E-state index in [0.717, 1.165) is 5.33 Å². The van der Waals surface area contributed by atoms with Gasteiger partial charge in [0.25, 0.3) is 5.78 Å². The van der Waals surface area contributed by atoms with Crippen LogP contribution in [-0.4, -0.2) is 23.7 Å². The summed E-state index contributed by atoms with van der Waals surface area (Å²) in [7, 11) is 0. The Labute approximate surface area is 96.6 Å². The lowest BCUT2D eigenvalue weighted by atomic mass is 10.1. The number of hydrogen-bond donors (Lipinski definition) is 0. The molecule has 0 radical (unpaired) electrons. The average molecular weight is 271 g/mol. The van der Waals surface area contributed by atoms with Gasteiger partial charge >= 0.3 is 5.97 Å². The number of halogens is 1. The number of hydrogen-bond acceptors (Lipinski definition) is 3. The molecule has 1 rings (SSSR count). The monoisotopic (exact) mass is 270 g/mol. The predicted molar refractivity (Wildman–Crippen MR) is 60.1 cm³/mol. The maximum Gasteiger partial charge on any atom is 0.379 e. The number of Topliss-reactive ketones (excluding diaryl/α,β-unsaturated/α-hetero) is 1. The van der Waals surface area contributed by atoms with Crippen LogP contribution in [0.2, 0.25) is 0 Å². The summed E-state index contributed by atoms with van der Waals surface area (Å²) in [6.07, 6.45) is 0.702. The number of ether oxygens (including phenoxy) is 1. The van der Waals surface area contributed by atoms with Crippen molar-refractivity contribution in [1.82, 2.24) is 0 Å². The third-order valence-electron chi connectivity index (χ3n) is 1.73. The van der Waals surface area contributed by atoms with Gasteiger partial charge in [-0.2, -0.15) is 0 Å². The molecule has 0 aliphatic heterocycles. The zero-order valence-electron chi connectivity index (χ0n) is 8.11. The zero-order chi connectivity index (χ0) is 11.1. The number of carbonyl (C=O) groups excluding carboxylic acids is 2. The summed E-state index contributed by atoms with van der Waals surface area (Å²) in [6, 6.07) is 8.38. The largest absolute Gasteiger partial charge is 0.460 e. The first-order valence-electron chi connectivity index (χ1n) is 4.58. The van der Waals surface area contributed by atoms with Crippen molar-refractivity contribution in [2.45, 2.75) is 6.42 Å². The maximum absolute atomic E-state index is 11.5.